The Kier molecular flexibility index (Phi) is 4.28. The molecule has 26 heavy (non-hydrogen) atoms. The van der Waals surface area contributed by atoms with Crippen LogP contribution in [0.25, 0.3) is 5.69 Å². The molecule has 1 N–H and O–H groups in total. The summed E-state index contributed by atoms with van der Waals surface area (Å²) in [4.78, 5) is 16.8. The zero-order valence-corrected chi connectivity index (χ0v) is 15.0. The summed E-state index contributed by atoms with van der Waals surface area (Å²) in [7, 11) is 0. The Labute approximate surface area is 152 Å². The number of aromatic nitrogens is 5. The molecule has 0 unspecified atom stereocenters. The fourth-order valence-corrected chi connectivity index (χ4v) is 3.60. The molecule has 0 aliphatic heterocycles. The minimum absolute atomic E-state index is 0.0137. The van der Waals surface area contributed by atoms with Crippen LogP contribution >= 0.6 is 0 Å². The Hall–Kier alpha value is -2.96. The lowest BCUT2D eigenvalue weighted by Gasteiger charge is -2.26. The molecule has 2 atom stereocenters. The molecule has 3 aromatic rings. The molecule has 0 saturated carbocycles. The Morgan fingerprint density at radius 2 is 2.04 bits per heavy atom. The molecule has 0 bridgehead atoms. The third-order valence-corrected chi connectivity index (χ3v) is 5.02. The number of nitrogens with zero attached hydrogens (tertiary/aromatic N) is 5. The second-order valence-electron chi connectivity index (χ2n) is 6.71. The number of hydrogen-bond donors (Lipinski definition) is 1. The van der Waals surface area contributed by atoms with Crippen LogP contribution in [-0.2, 0) is 11.2 Å². The van der Waals surface area contributed by atoms with E-state index in [2.05, 4.69) is 20.5 Å². The van der Waals surface area contributed by atoms with Gasteiger partial charge in [-0.3, -0.25) is 14.5 Å². The van der Waals surface area contributed by atoms with Gasteiger partial charge >= 0.3 is 0 Å². The molecular weight excluding hydrogens is 328 g/mol. The lowest BCUT2D eigenvalue weighted by molar-refractivity contribution is -0.125. The van der Waals surface area contributed by atoms with E-state index in [0.29, 0.717) is 0 Å². The maximum atomic E-state index is 12.7. The van der Waals surface area contributed by atoms with E-state index in [9.17, 15) is 4.79 Å². The minimum atomic E-state index is -0.342. The van der Waals surface area contributed by atoms with Gasteiger partial charge in [-0.25, -0.2) is 4.68 Å². The maximum Gasteiger partial charge on any atom is 0.245 e. The quantitative estimate of drug-likeness (QED) is 0.784. The van der Waals surface area contributed by atoms with Gasteiger partial charge in [-0.1, -0.05) is 0 Å². The summed E-state index contributed by atoms with van der Waals surface area (Å²) in [5.74, 6) is -0.0219. The molecule has 134 valence electrons. The summed E-state index contributed by atoms with van der Waals surface area (Å²) in [6.45, 7) is 3.83. The second-order valence-corrected chi connectivity index (χ2v) is 6.71. The van der Waals surface area contributed by atoms with Gasteiger partial charge in [0.1, 0.15) is 6.04 Å². The van der Waals surface area contributed by atoms with Gasteiger partial charge < -0.3 is 5.32 Å². The summed E-state index contributed by atoms with van der Waals surface area (Å²) in [6, 6.07) is 5.43. The molecule has 0 radical (unpaired) electrons. The van der Waals surface area contributed by atoms with Gasteiger partial charge in [-0.15, -0.1) is 0 Å². The van der Waals surface area contributed by atoms with E-state index in [1.54, 1.807) is 23.3 Å². The number of hydrogen-bond acceptors (Lipinski definition) is 4. The average molecular weight is 350 g/mol. The van der Waals surface area contributed by atoms with Crippen LogP contribution in [0.4, 0.5) is 0 Å². The first-order chi connectivity index (χ1) is 12.6. The molecule has 1 amide bonds. The van der Waals surface area contributed by atoms with Crippen molar-refractivity contribution in [2.45, 2.75) is 45.2 Å². The SMILES string of the molecule is Cc1ccnn1[C@@H](C)C(=O)N[C@@H]1CCCc2c1cnn2-c1ccncc1. The van der Waals surface area contributed by atoms with Crippen molar-refractivity contribution in [2.24, 2.45) is 0 Å². The Balaban J connectivity index is 1.56. The Bertz CT molecular complexity index is 913. The third-order valence-electron chi connectivity index (χ3n) is 5.02. The van der Waals surface area contributed by atoms with Crippen molar-refractivity contribution < 1.29 is 4.79 Å². The van der Waals surface area contributed by atoms with Crippen LogP contribution in [0.1, 0.15) is 48.8 Å². The molecule has 3 heterocycles. The molecular formula is C19H22N6O. The van der Waals surface area contributed by atoms with Gasteiger partial charge in [0.2, 0.25) is 5.91 Å². The molecule has 0 saturated heterocycles. The molecule has 0 spiro atoms. The standard InChI is InChI=1S/C19H22N6O/c1-13-6-11-21-24(13)14(2)19(26)23-17-4-3-5-18-16(17)12-22-25(18)15-7-9-20-10-8-15/h6-12,14,17H,3-5H2,1-2H3,(H,23,26)/t14-,17+/m0/s1. The summed E-state index contributed by atoms with van der Waals surface area (Å²) in [5.41, 5.74) is 4.23. The van der Waals surface area contributed by atoms with E-state index in [1.807, 2.05) is 42.9 Å². The van der Waals surface area contributed by atoms with E-state index in [-0.39, 0.29) is 18.0 Å². The van der Waals surface area contributed by atoms with Gasteiger partial charge in [-0.2, -0.15) is 10.2 Å². The van der Waals surface area contributed by atoms with Gasteiger partial charge in [0.05, 0.1) is 17.9 Å². The molecule has 7 nitrogen and oxygen atoms in total. The third kappa shape index (κ3) is 2.89. The molecule has 0 aromatic carbocycles. The van der Waals surface area contributed by atoms with Crippen LogP contribution in [0.3, 0.4) is 0 Å². The van der Waals surface area contributed by atoms with E-state index < -0.39 is 0 Å². The molecule has 0 fully saturated rings. The lowest BCUT2D eigenvalue weighted by atomic mass is 9.92. The highest BCUT2D eigenvalue weighted by Gasteiger charge is 2.28. The number of pyridine rings is 1. The van der Waals surface area contributed by atoms with Crippen molar-refractivity contribution in [2.75, 3.05) is 0 Å². The fraction of sp³-hybridized carbons (Fsp3) is 0.368. The van der Waals surface area contributed by atoms with Crippen molar-refractivity contribution in [1.82, 2.24) is 29.9 Å². The zero-order chi connectivity index (χ0) is 18.1. The van der Waals surface area contributed by atoms with Crippen LogP contribution in [0.15, 0.2) is 43.0 Å². The van der Waals surface area contributed by atoms with E-state index >= 15 is 0 Å². The van der Waals surface area contributed by atoms with Crippen molar-refractivity contribution >= 4 is 5.91 Å². The number of amides is 1. The van der Waals surface area contributed by atoms with Gasteiger partial charge in [-0.05, 0) is 51.3 Å². The van der Waals surface area contributed by atoms with Crippen molar-refractivity contribution in [3.8, 4) is 5.69 Å². The normalized spacial score (nSPS) is 17.5. The smallest absolute Gasteiger partial charge is 0.245 e. The molecule has 1 aliphatic carbocycles. The van der Waals surface area contributed by atoms with Crippen molar-refractivity contribution in [3.05, 3.63) is 59.9 Å². The highest BCUT2D eigenvalue weighted by atomic mass is 16.2. The average Bonchev–Trinajstić information content (AvgIpc) is 3.28. The molecule has 3 aromatic heterocycles. The van der Waals surface area contributed by atoms with E-state index in [4.69, 9.17) is 0 Å². The zero-order valence-electron chi connectivity index (χ0n) is 15.0. The van der Waals surface area contributed by atoms with Gasteiger partial charge in [0.15, 0.2) is 0 Å². The van der Waals surface area contributed by atoms with Crippen LogP contribution in [0, 0.1) is 6.92 Å². The highest BCUT2D eigenvalue weighted by Crippen LogP contribution is 2.31. The van der Waals surface area contributed by atoms with Crippen LogP contribution in [0.5, 0.6) is 0 Å². The largest absolute Gasteiger partial charge is 0.347 e. The maximum absolute atomic E-state index is 12.7. The summed E-state index contributed by atoms with van der Waals surface area (Å²) in [6.07, 6.45) is 10.0. The van der Waals surface area contributed by atoms with E-state index in [0.717, 1.165) is 41.9 Å². The predicted octanol–water partition coefficient (Wildman–Crippen LogP) is 2.53. The summed E-state index contributed by atoms with van der Waals surface area (Å²) < 4.78 is 3.70. The van der Waals surface area contributed by atoms with Crippen molar-refractivity contribution in [1.29, 1.82) is 0 Å². The second kappa shape index (κ2) is 6.74. The van der Waals surface area contributed by atoms with Crippen LogP contribution in [0.2, 0.25) is 0 Å². The number of aryl methyl sites for hydroxylation is 1. The topological polar surface area (TPSA) is 77.6 Å². The summed E-state index contributed by atoms with van der Waals surface area (Å²) in [5, 5.41) is 12.0. The first-order valence-corrected chi connectivity index (χ1v) is 8.93. The van der Waals surface area contributed by atoms with Crippen molar-refractivity contribution in [3.63, 3.8) is 0 Å². The molecule has 7 heteroatoms. The number of nitrogens with one attached hydrogen (secondary N) is 1. The highest BCUT2D eigenvalue weighted by molar-refractivity contribution is 5.80. The predicted molar refractivity (Wildman–Crippen MR) is 96.9 cm³/mol. The Morgan fingerprint density at radius 1 is 1.23 bits per heavy atom. The monoisotopic (exact) mass is 350 g/mol. The van der Waals surface area contributed by atoms with Gasteiger partial charge in [0.25, 0.3) is 0 Å². The van der Waals surface area contributed by atoms with Gasteiger partial charge in [0, 0.05) is 35.5 Å². The summed E-state index contributed by atoms with van der Waals surface area (Å²) >= 11 is 0. The van der Waals surface area contributed by atoms with E-state index in [1.165, 1.54) is 0 Å². The first-order valence-electron chi connectivity index (χ1n) is 8.93. The lowest BCUT2D eigenvalue weighted by Crippen LogP contribution is -2.36. The fourth-order valence-electron chi connectivity index (χ4n) is 3.60. The molecule has 4 rings (SSSR count). The number of carbonyl (C=O) groups excluding carboxylic acids is 1. The minimum Gasteiger partial charge on any atom is -0.347 e. The first kappa shape index (κ1) is 16.5. The number of carbonyl (C=O) groups is 1. The number of rotatable bonds is 4. The number of fused-ring (bicyclic) bond motifs is 1. The van der Waals surface area contributed by atoms with Crippen LogP contribution in [-0.4, -0.2) is 30.5 Å². The Morgan fingerprint density at radius 3 is 2.77 bits per heavy atom. The van der Waals surface area contributed by atoms with Crippen LogP contribution < -0.4 is 5.32 Å². The molecule has 1 aliphatic rings.